The molecule has 0 radical (unpaired) electrons. The average Bonchev–Trinajstić information content (AvgIpc) is 3.39. The summed E-state index contributed by atoms with van der Waals surface area (Å²) in [7, 11) is 0. The highest BCUT2D eigenvalue weighted by molar-refractivity contribution is 5.33. The third kappa shape index (κ3) is 9.16. The van der Waals surface area contributed by atoms with Crippen LogP contribution in [0.15, 0.2) is 73.1 Å². The molecule has 0 aliphatic heterocycles. The van der Waals surface area contributed by atoms with E-state index in [1.165, 1.54) is 100 Å². The molecule has 0 amide bonds. The molecule has 1 heterocycles. The largest absolute Gasteiger partial charge is 0.335 e. The van der Waals surface area contributed by atoms with Gasteiger partial charge >= 0.3 is 0 Å². The van der Waals surface area contributed by atoms with Crippen LogP contribution in [-0.4, -0.2) is 9.55 Å². The number of unbranched alkanes of at least 4 members (excludes halogenated alkanes) is 10. The molecule has 0 saturated heterocycles. The molecule has 2 atom stereocenters. The van der Waals surface area contributed by atoms with Crippen molar-refractivity contribution < 1.29 is 0 Å². The van der Waals surface area contributed by atoms with E-state index in [2.05, 4.69) is 92.2 Å². The third-order valence-corrected chi connectivity index (χ3v) is 8.27. The molecule has 0 spiro atoms. The van der Waals surface area contributed by atoms with Crippen molar-refractivity contribution in [3.63, 3.8) is 0 Å². The lowest BCUT2D eigenvalue weighted by molar-refractivity contribution is 0.321. The lowest BCUT2D eigenvalue weighted by Crippen LogP contribution is -2.35. The van der Waals surface area contributed by atoms with Gasteiger partial charge in [0.25, 0.3) is 0 Å². The molecule has 0 N–H and O–H groups in total. The molecule has 0 saturated carbocycles. The first-order valence-electron chi connectivity index (χ1n) is 15.3. The predicted octanol–water partition coefficient (Wildman–Crippen LogP) is 10.3. The van der Waals surface area contributed by atoms with Crippen molar-refractivity contribution in [2.75, 3.05) is 0 Å². The fourth-order valence-electron chi connectivity index (χ4n) is 6.01. The van der Waals surface area contributed by atoms with Gasteiger partial charge < -0.3 is 4.57 Å². The molecule has 2 aromatic carbocycles. The summed E-state index contributed by atoms with van der Waals surface area (Å²) in [6, 6.07) is 22.3. The molecule has 202 valence electrons. The molecule has 3 aromatic rings. The third-order valence-electron chi connectivity index (χ3n) is 8.27. The fraction of sp³-hybridized carbons (Fsp3) is 0.571. The Kier molecular flexibility index (Phi) is 13.0. The SMILES string of the molecule is CCCCCCCCCCCC(c1nccn1CCCCC)C(C)(Cc1ccccc1)c1ccccc1. The standard InChI is InChI=1S/C35H52N2/c1-4-6-8-9-10-11-12-13-20-26-33(34-36-27-29-37(34)28-21-7-5-2)35(3,32-24-18-15-19-25-32)30-31-22-16-14-17-23-31/h14-19,22-25,27,29,33H,4-13,20-21,26,28,30H2,1-3H3. The van der Waals surface area contributed by atoms with Crippen LogP contribution in [0.4, 0.5) is 0 Å². The van der Waals surface area contributed by atoms with Gasteiger partial charge in [-0.2, -0.15) is 0 Å². The van der Waals surface area contributed by atoms with Gasteiger partial charge in [0.1, 0.15) is 5.82 Å². The van der Waals surface area contributed by atoms with Gasteiger partial charge in [-0.25, -0.2) is 4.98 Å². The summed E-state index contributed by atoms with van der Waals surface area (Å²) in [4.78, 5) is 5.05. The minimum absolute atomic E-state index is 0.0172. The highest BCUT2D eigenvalue weighted by atomic mass is 15.1. The van der Waals surface area contributed by atoms with Crippen LogP contribution in [0.5, 0.6) is 0 Å². The lowest BCUT2D eigenvalue weighted by atomic mass is 9.66. The Bertz CT molecular complexity index is 961. The maximum Gasteiger partial charge on any atom is 0.112 e. The highest BCUT2D eigenvalue weighted by Crippen LogP contribution is 2.44. The monoisotopic (exact) mass is 500 g/mol. The van der Waals surface area contributed by atoms with Crippen molar-refractivity contribution in [2.45, 2.75) is 129 Å². The quantitative estimate of drug-likeness (QED) is 0.150. The minimum atomic E-state index is -0.0172. The van der Waals surface area contributed by atoms with Crippen molar-refractivity contribution >= 4 is 0 Å². The summed E-state index contributed by atoms with van der Waals surface area (Å²) in [6.07, 6.45) is 22.6. The molecule has 3 rings (SSSR count). The summed E-state index contributed by atoms with van der Waals surface area (Å²) < 4.78 is 2.47. The zero-order valence-corrected chi connectivity index (χ0v) is 24.0. The number of hydrogen-bond donors (Lipinski definition) is 0. The maximum atomic E-state index is 5.05. The second-order valence-electron chi connectivity index (χ2n) is 11.3. The second kappa shape index (κ2) is 16.5. The molecule has 1 aromatic heterocycles. The molecule has 2 heteroatoms. The van der Waals surface area contributed by atoms with Gasteiger partial charge in [-0.15, -0.1) is 0 Å². The van der Waals surface area contributed by atoms with Crippen LogP contribution in [0.2, 0.25) is 0 Å². The van der Waals surface area contributed by atoms with Crippen molar-refractivity contribution in [2.24, 2.45) is 0 Å². The predicted molar refractivity (Wildman–Crippen MR) is 160 cm³/mol. The van der Waals surface area contributed by atoms with Crippen molar-refractivity contribution in [3.8, 4) is 0 Å². The molecule has 0 aliphatic rings. The van der Waals surface area contributed by atoms with Crippen molar-refractivity contribution in [1.82, 2.24) is 9.55 Å². The topological polar surface area (TPSA) is 17.8 Å². The van der Waals surface area contributed by atoms with Gasteiger partial charge in [0.15, 0.2) is 0 Å². The number of nitrogens with zero attached hydrogens (tertiary/aromatic N) is 2. The van der Waals surface area contributed by atoms with E-state index in [1.54, 1.807) is 0 Å². The van der Waals surface area contributed by atoms with E-state index in [1.807, 2.05) is 6.20 Å². The van der Waals surface area contributed by atoms with Crippen LogP contribution in [0.25, 0.3) is 0 Å². The molecule has 0 fully saturated rings. The summed E-state index contributed by atoms with van der Waals surface area (Å²) >= 11 is 0. The average molecular weight is 501 g/mol. The van der Waals surface area contributed by atoms with Crippen LogP contribution in [0.1, 0.15) is 127 Å². The molecule has 2 nitrogen and oxygen atoms in total. The highest BCUT2D eigenvalue weighted by Gasteiger charge is 2.39. The Morgan fingerprint density at radius 3 is 1.92 bits per heavy atom. The van der Waals surface area contributed by atoms with Gasteiger partial charge in [-0.1, -0.05) is 152 Å². The first-order chi connectivity index (χ1) is 18.2. The number of aromatic nitrogens is 2. The second-order valence-corrected chi connectivity index (χ2v) is 11.3. The van der Waals surface area contributed by atoms with Crippen LogP contribution in [-0.2, 0) is 18.4 Å². The molecule has 0 aliphatic carbocycles. The Labute approximate surface area is 227 Å². The van der Waals surface area contributed by atoms with E-state index in [9.17, 15) is 0 Å². The zero-order valence-electron chi connectivity index (χ0n) is 24.0. The fourth-order valence-corrected chi connectivity index (χ4v) is 6.01. The number of hydrogen-bond acceptors (Lipinski definition) is 1. The van der Waals surface area contributed by atoms with Crippen molar-refractivity contribution in [1.29, 1.82) is 0 Å². The van der Waals surface area contributed by atoms with Crippen LogP contribution < -0.4 is 0 Å². The van der Waals surface area contributed by atoms with Crippen molar-refractivity contribution in [3.05, 3.63) is 90.0 Å². The van der Waals surface area contributed by atoms with Gasteiger partial charge in [0.2, 0.25) is 0 Å². The summed E-state index contributed by atoms with van der Waals surface area (Å²) in [5, 5.41) is 0. The van der Waals surface area contributed by atoms with E-state index in [0.29, 0.717) is 5.92 Å². The molecular weight excluding hydrogens is 448 g/mol. The molecule has 2 unspecified atom stereocenters. The van der Waals surface area contributed by atoms with Crippen LogP contribution in [0.3, 0.4) is 0 Å². The lowest BCUT2D eigenvalue weighted by Gasteiger charge is -2.39. The Hall–Kier alpha value is -2.35. The van der Waals surface area contributed by atoms with E-state index in [0.717, 1.165) is 13.0 Å². The normalized spacial score (nSPS) is 13.9. The molecule has 0 bridgehead atoms. The first-order valence-corrected chi connectivity index (χ1v) is 15.3. The zero-order chi connectivity index (χ0) is 26.2. The maximum absolute atomic E-state index is 5.05. The number of rotatable bonds is 19. The smallest absolute Gasteiger partial charge is 0.112 e. The van der Waals surface area contributed by atoms with Gasteiger partial charge in [-0.3, -0.25) is 0 Å². The van der Waals surface area contributed by atoms with Gasteiger partial charge in [-0.05, 0) is 30.4 Å². The Balaban J connectivity index is 1.81. The summed E-state index contributed by atoms with van der Waals surface area (Å²) in [5.74, 6) is 1.68. The summed E-state index contributed by atoms with van der Waals surface area (Å²) in [6.45, 7) is 8.16. The number of imidazole rings is 1. The summed E-state index contributed by atoms with van der Waals surface area (Å²) in [5.41, 5.74) is 2.83. The van der Waals surface area contributed by atoms with E-state index in [-0.39, 0.29) is 5.41 Å². The first kappa shape index (κ1) is 29.2. The van der Waals surface area contributed by atoms with Crippen LogP contribution in [0, 0.1) is 0 Å². The van der Waals surface area contributed by atoms with E-state index >= 15 is 0 Å². The Morgan fingerprint density at radius 1 is 0.703 bits per heavy atom. The van der Waals surface area contributed by atoms with Gasteiger partial charge in [0.05, 0.1) is 0 Å². The molecule has 37 heavy (non-hydrogen) atoms. The number of aryl methyl sites for hydroxylation is 1. The molecular formula is C35H52N2. The van der Waals surface area contributed by atoms with E-state index < -0.39 is 0 Å². The van der Waals surface area contributed by atoms with Crippen LogP contribution >= 0.6 is 0 Å². The minimum Gasteiger partial charge on any atom is -0.335 e. The van der Waals surface area contributed by atoms with E-state index in [4.69, 9.17) is 4.98 Å². The number of benzene rings is 2. The van der Waals surface area contributed by atoms with Gasteiger partial charge in [0, 0.05) is 30.3 Å². The Morgan fingerprint density at radius 2 is 1.27 bits per heavy atom.